The van der Waals surface area contributed by atoms with Gasteiger partial charge in [0.05, 0.1) is 17.4 Å². The highest BCUT2D eigenvalue weighted by Gasteiger charge is 2.23. The number of hydrogen-bond acceptors (Lipinski definition) is 5. The second-order valence-electron chi connectivity index (χ2n) is 5.59. The molecule has 124 valence electrons. The van der Waals surface area contributed by atoms with Crippen molar-refractivity contribution in [1.29, 1.82) is 0 Å². The molecule has 3 rings (SSSR count). The Morgan fingerprint density at radius 3 is 2.62 bits per heavy atom. The zero-order chi connectivity index (χ0) is 17.3. The summed E-state index contributed by atoms with van der Waals surface area (Å²) in [6.07, 6.45) is 1.59. The number of carbonyl (C=O) groups is 1. The molecule has 0 fully saturated rings. The first kappa shape index (κ1) is 15.7. The summed E-state index contributed by atoms with van der Waals surface area (Å²) in [5.74, 6) is 0.680. The predicted octanol–water partition coefficient (Wildman–Crippen LogP) is 1.38. The number of para-hydroxylation sites is 1. The maximum atomic E-state index is 12.6. The molecule has 1 amide bonds. The molecule has 8 nitrogen and oxygen atoms in total. The van der Waals surface area contributed by atoms with Crippen LogP contribution in [0.4, 0.5) is 5.82 Å². The van der Waals surface area contributed by atoms with Crippen LogP contribution < -0.4 is 11.1 Å². The first-order chi connectivity index (χ1) is 11.5. The van der Waals surface area contributed by atoms with Crippen LogP contribution in [0.3, 0.4) is 0 Å². The molecule has 0 aliphatic carbocycles. The van der Waals surface area contributed by atoms with E-state index in [4.69, 9.17) is 5.73 Å². The maximum Gasteiger partial charge on any atom is 0.257 e. The molecule has 0 radical (unpaired) electrons. The van der Waals surface area contributed by atoms with E-state index in [1.165, 1.54) is 0 Å². The smallest absolute Gasteiger partial charge is 0.257 e. The highest BCUT2D eigenvalue weighted by Crippen LogP contribution is 2.21. The second-order valence-corrected chi connectivity index (χ2v) is 5.59. The summed E-state index contributed by atoms with van der Waals surface area (Å²) in [5, 5.41) is 15.1. The number of nitrogens with zero attached hydrogens (tertiary/aromatic N) is 5. The van der Waals surface area contributed by atoms with E-state index in [9.17, 15) is 4.79 Å². The van der Waals surface area contributed by atoms with Crippen molar-refractivity contribution in [2.75, 3.05) is 5.73 Å². The fourth-order valence-corrected chi connectivity index (χ4v) is 2.61. The van der Waals surface area contributed by atoms with Crippen molar-refractivity contribution in [2.24, 2.45) is 7.05 Å². The highest BCUT2D eigenvalue weighted by atomic mass is 16.1. The van der Waals surface area contributed by atoms with Crippen molar-refractivity contribution in [1.82, 2.24) is 29.9 Å². The lowest BCUT2D eigenvalue weighted by Crippen LogP contribution is -2.29. The summed E-state index contributed by atoms with van der Waals surface area (Å²) in [6.45, 7) is 3.60. The minimum atomic E-state index is -0.302. The monoisotopic (exact) mass is 325 g/mol. The van der Waals surface area contributed by atoms with Gasteiger partial charge in [-0.1, -0.05) is 18.2 Å². The molecule has 0 spiro atoms. The quantitative estimate of drug-likeness (QED) is 0.754. The minimum absolute atomic E-state index is 0.289. The van der Waals surface area contributed by atoms with E-state index in [1.807, 2.05) is 44.3 Å². The third-order valence-corrected chi connectivity index (χ3v) is 3.81. The van der Waals surface area contributed by atoms with Crippen LogP contribution in [0.2, 0.25) is 0 Å². The number of nitrogen functional groups attached to an aromatic ring is 1. The number of nitrogens with one attached hydrogen (secondary N) is 1. The average molecular weight is 325 g/mol. The van der Waals surface area contributed by atoms with E-state index in [-0.39, 0.29) is 11.9 Å². The lowest BCUT2D eigenvalue weighted by atomic mass is 10.2. The molecule has 8 heteroatoms. The lowest BCUT2D eigenvalue weighted by Gasteiger charge is -2.13. The van der Waals surface area contributed by atoms with Gasteiger partial charge in [-0.15, -0.1) is 10.2 Å². The summed E-state index contributed by atoms with van der Waals surface area (Å²) < 4.78 is 3.33. The van der Waals surface area contributed by atoms with Gasteiger partial charge in [-0.25, -0.2) is 4.68 Å². The van der Waals surface area contributed by atoms with Gasteiger partial charge in [0, 0.05) is 7.05 Å². The number of nitrogens with two attached hydrogens (primary N) is 1. The third-order valence-electron chi connectivity index (χ3n) is 3.81. The summed E-state index contributed by atoms with van der Waals surface area (Å²) in [6, 6.07) is 9.15. The normalized spacial score (nSPS) is 12.1. The molecule has 0 aliphatic heterocycles. The molecule has 1 atom stereocenters. The molecule has 0 bridgehead atoms. The molecule has 3 N–H and O–H groups in total. The Labute approximate surface area is 139 Å². The van der Waals surface area contributed by atoms with E-state index in [1.54, 1.807) is 22.5 Å². The van der Waals surface area contributed by atoms with Gasteiger partial charge in [-0.3, -0.25) is 4.79 Å². The number of aromatic nitrogens is 5. The molecular weight excluding hydrogens is 306 g/mol. The van der Waals surface area contributed by atoms with Crippen molar-refractivity contribution in [3.8, 4) is 5.69 Å². The number of aryl methyl sites for hydroxylation is 2. The van der Waals surface area contributed by atoms with Crippen molar-refractivity contribution in [2.45, 2.75) is 19.9 Å². The second kappa shape index (κ2) is 6.15. The van der Waals surface area contributed by atoms with E-state index in [0.717, 1.165) is 5.69 Å². The van der Waals surface area contributed by atoms with Crippen LogP contribution in [0.5, 0.6) is 0 Å². The van der Waals surface area contributed by atoms with Crippen LogP contribution >= 0.6 is 0 Å². The van der Waals surface area contributed by atoms with Gasteiger partial charge in [0.25, 0.3) is 5.91 Å². The Morgan fingerprint density at radius 1 is 1.29 bits per heavy atom. The summed E-state index contributed by atoms with van der Waals surface area (Å²) in [7, 11) is 1.82. The molecule has 3 aromatic rings. The summed E-state index contributed by atoms with van der Waals surface area (Å²) >= 11 is 0. The number of rotatable bonds is 4. The van der Waals surface area contributed by atoms with Crippen molar-refractivity contribution in [3.63, 3.8) is 0 Å². The molecule has 1 aromatic carbocycles. The van der Waals surface area contributed by atoms with Gasteiger partial charge in [-0.05, 0) is 26.0 Å². The van der Waals surface area contributed by atoms with Crippen LogP contribution in [0, 0.1) is 6.92 Å². The van der Waals surface area contributed by atoms with E-state index in [0.29, 0.717) is 22.9 Å². The van der Waals surface area contributed by atoms with Gasteiger partial charge < -0.3 is 15.6 Å². The zero-order valence-electron chi connectivity index (χ0n) is 13.8. The number of carbonyl (C=O) groups excluding carboxylic acids is 1. The van der Waals surface area contributed by atoms with Crippen molar-refractivity contribution >= 4 is 11.7 Å². The van der Waals surface area contributed by atoms with Crippen LogP contribution in [-0.2, 0) is 7.05 Å². The Kier molecular flexibility index (Phi) is 4.03. The van der Waals surface area contributed by atoms with Gasteiger partial charge in [0.1, 0.15) is 17.7 Å². The minimum Gasteiger partial charge on any atom is -0.383 e. The number of benzene rings is 1. The zero-order valence-corrected chi connectivity index (χ0v) is 13.8. The Bertz CT molecular complexity index is 866. The third kappa shape index (κ3) is 2.73. The Hall–Kier alpha value is -3.16. The largest absolute Gasteiger partial charge is 0.383 e. The number of hydrogen-bond donors (Lipinski definition) is 2. The first-order valence-corrected chi connectivity index (χ1v) is 7.54. The standard InChI is InChI=1S/C16H19N7O/c1-10-13(14(17)23(21-10)12-7-5-4-6-8-12)16(24)19-11(2)15-20-18-9-22(15)3/h4-9,11H,17H2,1-3H3,(H,19,24). The molecule has 0 aliphatic rings. The van der Waals surface area contributed by atoms with Crippen LogP contribution in [-0.4, -0.2) is 30.5 Å². The van der Waals surface area contributed by atoms with Gasteiger partial charge >= 0.3 is 0 Å². The van der Waals surface area contributed by atoms with E-state index >= 15 is 0 Å². The van der Waals surface area contributed by atoms with E-state index in [2.05, 4.69) is 20.6 Å². The van der Waals surface area contributed by atoms with Gasteiger partial charge in [-0.2, -0.15) is 5.10 Å². The molecule has 2 aromatic heterocycles. The first-order valence-electron chi connectivity index (χ1n) is 7.54. The molecule has 0 saturated carbocycles. The van der Waals surface area contributed by atoms with Crippen molar-refractivity contribution in [3.05, 3.63) is 53.7 Å². The van der Waals surface area contributed by atoms with Crippen LogP contribution in [0.25, 0.3) is 5.69 Å². The predicted molar refractivity (Wildman–Crippen MR) is 89.6 cm³/mol. The molecule has 0 saturated heterocycles. The summed E-state index contributed by atoms with van der Waals surface area (Å²) in [4.78, 5) is 12.6. The molecular formula is C16H19N7O. The van der Waals surface area contributed by atoms with Crippen molar-refractivity contribution < 1.29 is 4.79 Å². The molecule has 1 unspecified atom stereocenters. The Balaban J connectivity index is 1.88. The van der Waals surface area contributed by atoms with Gasteiger partial charge in [0.15, 0.2) is 5.82 Å². The number of amides is 1. The maximum absolute atomic E-state index is 12.6. The molecule has 24 heavy (non-hydrogen) atoms. The van der Waals surface area contributed by atoms with Crippen LogP contribution in [0.15, 0.2) is 36.7 Å². The van der Waals surface area contributed by atoms with Gasteiger partial charge in [0.2, 0.25) is 0 Å². The topological polar surface area (TPSA) is 104 Å². The Morgan fingerprint density at radius 2 is 2.00 bits per heavy atom. The lowest BCUT2D eigenvalue weighted by molar-refractivity contribution is 0.0938. The fourth-order valence-electron chi connectivity index (χ4n) is 2.61. The molecule has 2 heterocycles. The van der Waals surface area contributed by atoms with Crippen LogP contribution in [0.1, 0.15) is 34.8 Å². The SMILES string of the molecule is Cc1nn(-c2ccccc2)c(N)c1C(=O)NC(C)c1nncn1C. The highest BCUT2D eigenvalue weighted by molar-refractivity contribution is 6.00. The fraction of sp³-hybridized carbons (Fsp3) is 0.250. The number of anilines is 1. The van der Waals surface area contributed by atoms with E-state index < -0.39 is 0 Å². The summed E-state index contributed by atoms with van der Waals surface area (Å²) in [5.41, 5.74) is 7.91. The average Bonchev–Trinajstić information content (AvgIpc) is 3.11.